The Bertz CT molecular complexity index is 1000. The molecular formula is C18H21ClN4O4S. The summed E-state index contributed by atoms with van der Waals surface area (Å²) in [5, 5.41) is 11.5. The lowest BCUT2D eigenvalue weighted by Crippen LogP contribution is -2.44. The average molecular weight is 425 g/mol. The van der Waals surface area contributed by atoms with Crippen molar-refractivity contribution in [1.29, 1.82) is 0 Å². The fourth-order valence-corrected chi connectivity index (χ4v) is 4.71. The first kappa shape index (κ1) is 20.4. The molecule has 0 aromatic heterocycles. The molecule has 0 atom stereocenters. The molecule has 0 saturated carbocycles. The van der Waals surface area contributed by atoms with Gasteiger partial charge < -0.3 is 9.80 Å². The Kier molecular flexibility index (Phi) is 5.78. The van der Waals surface area contributed by atoms with Crippen LogP contribution in [0.4, 0.5) is 17.1 Å². The minimum atomic E-state index is -4.04. The highest BCUT2D eigenvalue weighted by atomic mass is 35.5. The number of nitro benzene ring substituents is 1. The largest absolute Gasteiger partial charge is 0.367 e. The SMILES string of the molecule is Cc1c([N+](=O)[O-])cccc1S(=O)(=O)Nc1cc(Cl)ccc1N1CCN(C)CC1. The fraction of sp³-hybridized carbons (Fsp3) is 0.333. The third kappa shape index (κ3) is 4.21. The number of piperazine rings is 1. The van der Waals surface area contributed by atoms with Crippen molar-refractivity contribution in [3.8, 4) is 0 Å². The van der Waals surface area contributed by atoms with Crippen LogP contribution in [-0.2, 0) is 10.0 Å². The summed E-state index contributed by atoms with van der Waals surface area (Å²) in [6, 6.07) is 9.05. The lowest BCUT2D eigenvalue weighted by molar-refractivity contribution is -0.385. The average Bonchev–Trinajstić information content (AvgIpc) is 2.62. The van der Waals surface area contributed by atoms with E-state index in [1.807, 2.05) is 7.05 Å². The summed E-state index contributed by atoms with van der Waals surface area (Å²) in [6.45, 7) is 4.65. The normalized spacial score (nSPS) is 15.5. The summed E-state index contributed by atoms with van der Waals surface area (Å²) in [4.78, 5) is 14.7. The van der Waals surface area contributed by atoms with Gasteiger partial charge in [-0.25, -0.2) is 8.42 Å². The van der Waals surface area contributed by atoms with Crippen LogP contribution in [0.1, 0.15) is 5.56 Å². The Balaban J connectivity index is 1.98. The molecule has 0 bridgehead atoms. The molecular weight excluding hydrogens is 404 g/mol. The van der Waals surface area contributed by atoms with Crippen molar-refractivity contribution in [3.63, 3.8) is 0 Å². The van der Waals surface area contributed by atoms with E-state index in [-0.39, 0.29) is 16.1 Å². The van der Waals surface area contributed by atoms with Crippen LogP contribution in [0, 0.1) is 17.0 Å². The Labute approximate surface area is 168 Å². The van der Waals surface area contributed by atoms with Gasteiger partial charge in [0.2, 0.25) is 0 Å². The molecule has 0 spiro atoms. The molecule has 0 radical (unpaired) electrons. The lowest BCUT2D eigenvalue weighted by atomic mass is 10.2. The van der Waals surface area contributed by atoms with Crippen molar-refractivity contribution >= 4 is 38.7 Å². The number of likely N-dealkylation sites (N-methyl/N-ethyl adjacent to an activating group) is 1. The van der Waals surface area contributed by atoms with Crippen LogP contribution in [-0.4, -0.2) is 51.5 Å². The van der Waals surface area contributed by atoms with E-state index in [1.54, 1.807) is 18.2 Å². The van der Waals surface area contributed by atoms with E-state index in [4.69, 9.17) is 11.6 Å². The molecule has 1 aliphatic rings. The van der Waals surface area contributed by atoms with Crippen molar-refractivity contribution in [2.45, 2.75) is 11.8 Å². The molecule has 2 aromatic rings. The van der Waals surface area contributed by atoms with Gasteiger partial charge >= 0.3 is 0 Å². The van der Waals surface area contributed by atoms with Crippen LogP contribution in [0.5, 0.6) is 0 Å². The second-order valence-electron chi connectivity index (χ2n) is 6.71. The first-order valence-electron chi connectivity index (χ1n) is 8.69. The molecule has 2 aromatic carbocycles. The zero-order valence-corrected chi connectivity index (χ0v) is 17.1. The van der Waals surface area contributed by atoms with Gasteiger partial charge in [-0.1, -0.05) is 17.7 Å². The van der Waals surface area contributed by atoms with E-state index in [0.29, 0.717) is 10.7 Å². The smallest absolute Gasteiger partial charge is 0.273 e. The van der Waals surface area contributed by atoms with Gasteiger partial charge in [0.15, 0.2) is 0 Å². The number of rotatable bonds is 5. The van der Waals surface area contributed by atoms with Gasteiger partial charge in [-0.15, -0.1) is 0 Å². The van der Waals surface area contributed by atoms with E-state index >= 15 is 0 Å². The van der Waals surface area contributed by atoms with Crippen LogP contribution >= 0.6 is 11.6 Å². The number of anilines is 2. The van der Waals surface area contributed by atoms with E-state index in [9.17, 15) is 18.5 Å². The second-order valence-corrected chi connectivity index (χ2v) is 8.80. The van der Waals surface area contributed by atoms with Crippen LogP contribution < -0.4 is 9.62 Å². The maximum atomic E-state index is 13.0. The van der Waals surface area contributed by atoms with Crippen LogP contribution in [0.25, 0.3) is 0 Å². The fourth-order valence-electron chi connectivity index (χ4n) is 3.20. The third-order valence-corrected chi connectivity index (χ3v) is 6.53. The van der Waals surface area contributed by atoms with Gasteiger partial charge in [0.25, 0.3) is 15.7 Å². The van der Waals surface area contributed by atoms with E-state index < -0.39 is 14.9 Å². The van der Waals surface area contributed by atoms with Crippen LogP contribution in [0.3, 0.4) is 0 Å². The van der Waals surface area contributed by atoms with E-state index in [1.165, 1.54) is 25.1 Å². The number of benzene rings is 2. The summed E-state index contributed by atoms with van der Waals surface area (Å²) in [6.07, 6.45) is 0. The highest BCUT2D eigenvalue weighted by Gasteiger charge is 2.25. The van der Waals surface area contributed by atoms with Crippen molar-refractivity contribution in [1.82, 2.24) is 4.90 Å². The molecule has 10 heteroatoms. The van der Waals surface area contributed by atoms with Crippen LogP contribution in [0.15, 0.2) is 41.3 Å². The van der Waals surface area contributed by atoms with Crippen molar-refractivity contribution < 1.29 is 13.3 Å². The van der Waals surface area contributed by atoms with Gasteiger partial charge in [-0.05, 0) is 38.2 Å². The first-order valence-corrected chi connectivity index (χ1v) is 10.5. The molecule has 28 heavy (non-hydrogen) atoms. The van der Waals surface area contributed by atoms with E-state index in [2.05, 4.69) is 14.5 Å². The van der Waals surface area contributed by atoms with Crippen molar-refractivity contribution in [2.75, 3.05) is 42.8 Å². The van der Waals surface area contributed by atoms with E-state index in [0.717, 1.165) is 31.9 Å². The lowest BCUT2D eigenvalue weighted by Gasteiger charge is -2.35. The molecule has 1 fully saturated rings. The topological polar surface area (TPSA) is 95.8 Å². The number of hydrogen-bond donors (Lipinski definition) is 1. The highest BCUT2D eigenvalue weighted by Crippen LogP contribution is 2.33. The molecule has 8 nitrogen and oxygen atoms in total. The number of nitro groups is 1. The summed E-state index contributed by atoms with van der Waals surface area (Å²) >= 11 is 6.10. The zero-order chi connectivity index (χ0) is 20.5. The molecule has 0 unspecified atom stereocenters. The summed E-state index contributed by atoms with van der Waals surface area (Å²) in [5.74, 6) is 0. The van der Waals surface area contributed by atoms with Gasteiger partial charge in [0.05, 0.1) is 21.2 Å². The first-order chi connectivity index (χ1) is 13.2. The maximum absolute atomic E-state index is 13.0. The quantitative estimate of drug-likeness (QED) is 0.585. The monoisotopic (exact) mass is 424 g/mol. The molecule has 150 valence electrons. The summed E-state index contributed by atoms with van der Waals surface area (Å²) in [5.41, 5.74) is 0.920. The van der Waals surface area contributed by atoms with Crippen molar-refractivity contribution in [3.05, 3.63) is 57.1 Å². The summed E-state index contributed by atoms with van der Waals surface area (Å²) < 4.78 is 28.6. The summed E-state index contributed by atoms with van der Waals surface area (Å²) in [7, 11) is -2.00. The number of nitrogens with zero attached hydrogens (tertiary/aromatic N) is 3. The van der Waals surface area contributed by atoms with Crippen molar-refractivity contribution in [2.24, 2.45) is 0 Å². The molecule has 1 aliphatic heterocycles. The second kappa shape index (κ2) is 7.94. The Hall–Kier alpha value is -2.36. The Morgan fingerprint density at radius 3 is 2.46 bits per heavy atom. The van der Waals surface area contributed by atoms with Crippen LogP contribution in [0.2, 0.25) is 5.02 Å². The minimum absolute atomic E-state index is 0.0863. The molecule has 1 N–H and O–H groups in total. The predicted molar refractivity (Wildman–Crippen MR) is 110 cm³/mol. The number of hydrogen-bond acceptors (Lipinski definition) is 6. The predicted octanol–water partition coefficient (Wildman–Crippen LogP) is 3.11. The number of nitrogens with one attached hydrogen (secondary N) is 1. The Morgan fingerprint density at radius 2 is 1.82 bits per heavy atom. The standard InChI is InChI=1S/C18H21ClN4O4S/c1-13-16(23(24)25)4-3-5-18(13)28(26,27)20-15-12-14(19)6-7-17(15)22-10-8-21(2)9-11-22/h3-7,12,20H,8-11H2,1-2H3. The third-order valence-electron chi connectivity index (χ3n) is 4.79. The molecule has 0 amide bonds. The molecule has 0 aliphatic carbocycles. The number of halogens is 1. The molecule has 1 saturated heterocycles. The van der Waals surface area contributed by atoms with Gasteiger partial charge in [-0.2, -0.15) is 0 Å². The van der Waals surface area contributed by atoms with Gasteiger partial charge in [-0.3, -0.25) is 14.8 Å². The minimum Gasteiger partial charge on any atom is -0.367 e. The van der Waals surface area contributed by atoms with Gasteiger partial charge in [0.1, 0.15) is 0 Å². The molecule has 3 rings (SSSR count). The molecule has 1 heterocycles. The van der Waals surface area contributed by atoms with Gasteiger partial charge in [0, 0.05) is 42.8 Å². The number of sulfonamides is 1. The maximum Gasteiger partial charge on any atom is 0.273 e. The Morgan fingerprint density at radius 1 is 1.14 bits per heavy atom. The highest BCUT2D eigenvalue weighted by molar-refractivity contribution is 7.92. The zero-order valence-electron chi connectivity index (χ0n) is 15.6.